The van der Waals surface area contributed by atoms with Crippen molar-refractivity contribution in [3.63, 3.8) is 0 Å². The van der Waals surface area contributed by atoms with Crippen molar-refractivity contribution in [3.05, 3.63) is 59.0 Å². The first kappa shape index (κ1) is 18.6. The van der Waals surface area contributed by atoms with Gasteiger partial charge in [-0.2, -0.15) is 0 Å². The van der Waals surface area contributed by atoms with Crippen LogP contribution in [0.15, 0.2) is 42.7 Å². The van der Waals surface area contributed by atoms with Gasteiger partial charge in [-0.25, -0.2) is 0 Å². The number of hydrogen-bond acceptors (Lipinski definition) is 4. The molecule has 0 bridgehead atoms. The third-order valence-corrected chi connectivity index (χ3v) is 7.18. The van der Waals surface area contributed by atoms with Crippen molar-refractivity contribution < 1.29 is 9.00 Å². The van der Waals surface area contributed by atoms with Gasteiger partial charge in [0.05, 0.1) is 23.8 Å². The fraction of sp³-hybridized carbons (Fsp3) is 0.333. The van der Waals surface area contributed by atoms with Gasteiger partial charge in [-0.05, 0) is 48.7 Å². The summed E-state index contributed by atoms with van der Waals surface area (Å²) in [5.41, 5.74) is 3.49. The van der Waals surface area contributed by atoms with E-state index in [9.17, 15) is 9.00 Å². The van der Waals surface area contributed by atoms with Crippen molar-refractivity contribution in [2.45, 2.75) is 31.3 Å². The Bertz CT molecular complexity index is 1260. The zero-order valence-electron chi connectivity index (χ0n) is 16.0. The summed E-state index contributed by atoms with van der Waals surface area (Å²) in [6.45, 7) is 0.862. The van der Waals surface area contributed by atoms with Crippen LogP contribution in [0.1, 0.15) is 24.1 Å². The monoisotopic (exact) mass is 428 g/mol. The van der Waals surface area contributed by atoms with Crippen LogP contribution in [-0.4, -0.2) is 31.7 Å². The molecule has 1 spiro atoms. The highest BCUT2D eigenvalue weighted by atomic mass is 35.5. The number of carbonyl (C=O) groups is 1. The van der Waals surface area contributed by atoms with Crippen LogP contribution >= 0.6 is 11.6 Å². The molecule has 6 nitrogen and oxygen atoms in total. The number of benzene rings is 1. The van der Waals surface area contributed by atoms with Gasteiger partial charge >= 0.3 is 0 Å². The van der Waals surface area contributed by atoms with Crippen molar-refractivity contribution in [1.82, 2.24) is 9.55 Å². The molecule has 1 atom stereocenters. The van der Waals surface area contributed by atoms with E-state index in [4.69, 9.17) is 16.4 Å². The molecule has 1 aliphatic heterocycles. The second kappa shape index (κ2) is 6.31. The van der Waals surface area contributed by atoms with E-state index in [1.165, 1.54) is 6.26 Å². The molecule has 1 amide bonds. The molecule has 5 rings (SSSR count). The second-order valence-electron chi connectivity index (χ2n) is 8.07. The Morgan fingerprint density at radius 3 is 2.79 bits per heavy atom. The summed E-state index contributed by atoms with van der Waals surface area (Å²) in [6.07, 6.45) is 6.75. The van der Waals surface area contributed by atoms with Crippen LogP contribution in [0.25, 0.3) is 10.9 Å². The average molecular weight is 429 g/mol. The minimum absolute atomic E-state index is 0.134. The van der Waals surface area contributed by atoms with E-state index in [0.29, 0.717) is 18.1 Å². The third-order valence-electron chi connectivity index (χ3n) is 5.98. The number of aryl methyl sites for hydroxylation is 1. The number of rotatable bonds is 5. The Hall–Kier alpha value is -2.38. The lowest BCUT2D eigenvalue weighted by Crippen LogP contribution is -2.32. The van der Waals surface area contributed by atoms with Gasteiger partial charge in [-0.3, -0.25) is 18.8 Å². The lowest BCUT2D eigenvalue weighted by atomic mass is 9.99. The smallest absolute Gasteiger partial charge is 0.238 e. The molecule has 150 valence electrons. The van der Waals surface area contributed by atoms with Gasteiger partial charge in [0, 0.05) is 56.1 Å². The minimum atomic E-state index is -2.63. The Morgan fingerprint density at radius 2 is 2.07 bits per heavy atom. The molecule has 1 saturated carbocycles. The molecule has 2 aliphatic rings. The summed E-state index contributed by atoms with van der Waals surface area (Å²) >= 11 is 6.18. The second-order valence-corrected chi connectivity index (χ2v) is 10.9. The third kappa shape index (κ3) is 3.04. The van der Waals surface area contributed by atoms with Crippen molar-refractivity contribution in [3.8, 4) is 0 Å². The van der Waals surface area contributed by atoms with Crippen LogP contribution < -0.4 is 4.90 Å². The highest BCUT2D eigenvalue weighted by Gasteiger charge is 2.59. The molecule has 1 fully saturated rings. The van der Waals surface area contributed by atoms with Crippen molar-refractivity contribution in [2.24, 2.45) is 0 Å². The molecule has 1 unspecified atom stereocenters. The first-order chi connectivity index (χ1) is 13.8. The number of fused-ring (bicyclic) bond motifs is 3. The summed E-state index contributed by atoms with van der Waals surface area (Å²) in [5.74, 6) is 0.387. The summed E-state index contributed by atoms with van der Waals surface area (Å²) in [6, 6.07) is 9.65. The van der Waals surface area contributed by atoms with E-state index in [2.05, 4.69) is 9.55 Å². The first-order valence-electron chi connectivity index (χ1n) is 9.54. The van der Waals surface area contributed by atoms with E-state index in [1.807, 2.05) is 35.2 Å². The summed E-state index contributed by atoms with van der Waals surface area (Å²) < 4.78 is 21.8. The minimum Gasteiger partial charge on any atom is -0.342 e. The Morgan fingerprint density at radius 1 is 1.28 bits per heavy atom. The molecule has 3 heterocycles. The lowest BCUT2D eigenvalue weighted by Gasteiger charge is -2.20. The molecule has 0 saturated heterocycles. The van der Waals surface area contributed by atoms with Crippen molar-refractivity contribution >= 4 is 43.8 Å². The molecular weight excluding hydrogens is 408 g/mol. The molecule has 1 aromatic carbocycles. The fourth-order valence-electron chi connectivity index (χ4n) is 4.38. The van der Waals surface area contributed by atoms with E-state index >= 15 is 0 Å². The van der Waals surface area contributed by atoms with Gasteiger partial charge in [0.2, 0.25) is 5.91 Å². The molecule has 2 aromatic heterocycles. The van der Waals surface area contributed by atoms with Gasteiger partial charge < -0.3 is 9.47 Å². The normalized spacial score (nSPS) is 19.0. The average Bonchev–Trinajstić information content (AvgIpc) is 3.36. The van der Waals surface area contributed by atoms with Crippen LogP contribution in [0, 0.1) is 4.78 Å². The zero-order chi connectivity index (χ0) is 20.4. The maximum Gasteiger partial charge on any atom is 0.238 e. The molecule has 0 radical (unpaired) electrons. The molecule has 3 aromatic rings. The standard InChI is InChI=1S/C21H21ClN4O2S/c1-29(23,28)9-8-25-16(11-14-10-15(22)2-3-18(14)25)13-26-19-12-24-7-4-17(19)21(5-6-21)20(26)27/h2-4,7,10-12,23H,5-6,8-9,13H2,1H3. The SMILES string of the molecule is CS(=N)(=O)CCn1c(CN2C(=O)C3(CC3)c3ccncc32)cc2cc(Cl)ccc21. The fourth-order valence-corrected chi connectivity index (χ4v) is 5.09. The van der Waals surface area contributed by atoms with Gasteiger partial charge in [0.1, 0.15) is 0 Å². The number of hydrogen-bond donors (Lipinski definition) is 1. The number of amides is 1. The summed E-state index contributed by atoms with van der Waals surface area (Å²) in [5, 5.41) is 1.61. The maximum atomic E-state index is 13.2. The van der Waals surface area contributed by atoms with E-state index in [0.717, 1.165) is 40.7 Å². The predicted octanol–water partition coefficient (Wildman–Crippen LogP) is 3.94. The van der Waals surface area contributed by atoms with Gasteiger partial charge in [0.15, 0.2) is 0 Å². The van der Waals surface area contributed by atoms with Crippen LogP contribution in [0.3, 0.4) is 0 Å². The number of halogens is 1. The predicted molar refractivity (Wildman–Crippen MR) is 115 cm³/mol. The highest BCUT2D eigenvalue weighted by Crippen LogP contribution is 2.57. The first-order valence-corrected chi connectivity index (χ1v) is 12.1. The Kier molecular flexibility index (Phi) is 4.05. The summed E-state index contributed by atoms with van der Waals surface area (Å²) in [7, 11) is -2.63. The number of nitrogens with one attached hydrogen (secondary N) is 1. The van der Waals surface area contributed by atoms with Crippen LogP contribution in [0.5, 0.6) is 0 Å². The maximum absolute atomic E-state index is 13.2. The van der Waals surface area contributed by atoms with Crippen molar-refractivity contribution in [1.29, 1.82) is 4.78 Å². The summed E-state index contributed by atoms with van der Waals surface area (Å²) in [4.78, 5) is 19.3. The van der Waals surface area contributed by atoms with E-state index in [1.54, 1.807) is 12.4 Å². The van der Waals surface area contributed by atoms with E-state index in [-0.39, 0.29) is 17.1 Å². The molecular formula is C21H21ClN4O2S. The van der Waals surface area contributed by atoms with Gasteiger partial charge in [-0.15, -0.1) is 0 Å². The van der Waals surface area contributed by atoms with Gasteiger partial charge in [0.25, 0.3) is 0 Å². The number of carbonyl (C=O) groups excluding carboxylic acids is 1. The Labute approximate surface area is 174 Å². The topological polar surface area (TPSA) is 79.0 Å². The van der Waals surface area contributed by atoms with Gasteiger partial charge in [-0.1, -0.05) is 11.6 Å². The van der Waals surface area contributed by atoms with Crippen LogP contribution in [0.2, 0.25) is 5.02 Å². The highest BCUT2D eigenvalue weighted by molar-refractivity contribution is 7.91. The number of anilines is 1. The lowest BCUT2D eigenvalue weighted by molar-refractivity contribution is -0.120. The Balaban J connectivity index is 1.58. The number of pyridine rings is 1. The quantitative estimate of drug-likeness (QED) is 0.668. The molecule has 8 heteroatoms. The van der Waals surface area contributed by atoms with Crippen LogP contribution in [-0.2, 0) is 33.0 Å². The largest absolute Gasteiger partial charge is 0.342 e. The molecule has 29 heavy (non-hydrogen) atoms. The van der Waals surface area contributed by atoms with Crippen molar-refractivity contribution in [2.75, 3.05) is 16.9 Å². The molecule has 1 aliphatic carbocycles. The number of nitrogens with zero attached hydrogens (tertiary/aromatic N) is 3. The van der Waals surface area contributed by atoms with Crippen LogP contribution in [0.4, 0.5) is 5.69 Å². The number of aromatic nitrogens is 2. The van der Waals surface area contributed by atoms with E-state index < -0.39 is 9.73 Å². The molecule has 1 N–H and O–H groups in total. The zero-order valence-corrected chi connectivity index (χ0v) is 17.6.